The van der Waals surface area contributed by atoms with E-state index >= 15 is 0 Å². The molecule has 1 amide bonds. The zero-order valence-electron chi connectivity index (χ0n) is 14.5. The third kappa shape index (κ3) is 5.95. The van der Waals surface area contributed by atoms with Crippen LogP contribution in [0, 0.1) is 0 Å². The molecule has 0 atom stereocenters. The fraction of sp³-hybridized carbons (Fsp3) is 0.350. The van der Waals surface area contributed by atoms with E-state index in [1.165, 1.54) is 12.8 Å². The second kappa shape index (κ2) is 9.60. The van der Waals surface area contributed by atoms with Crippen molar-refractivity contribution in [2.24, 2.45) is 0 Å². The van der Waals surface area contributed by atoms with Crippen LogP contribution >= 0.6 is 0 Å². The summed E-state index contributed by atoms with van der Waals surface area (Å²) in [7, 11) is 2.09. The number of para-hydroxylation sites is 1. The van der Waals surface area contributed by atoms with Crippen LogP contribution in [0.2, 0.25) is 0 Å². The van der Waals surface area contributed by atoms with Crippen LogP contribution in [0.25, 0.3) is 0 Å². The summed E-state index contributed by atoms with van der Waals surface area (Å²) < 4.78 is 5.53. The van der Waals surface area contributed by atoms with Gasteiger partial charge in [0.15, 0.2) is 0 Å². The maximum Gasteiger partial charge on any atom is 0.227 e. The van der Waals surface area contributed by atoms with Gasteiger partial charge in [-0.05, 0) is 42.8 Å². The van der Waals surface area contributed by atoms with Crippen LogP contribution in [0.1, 0.15) is 26.2 Å². The van der Waals surface area contributed by atoms with Gasteiger partial charge < -0.3 is 15.0 Å². The van der Waals surface area contributed by atoms with Crippen molar-refractivity contribution < 1.29 is 9.53 Å². The Labute approximate surface area is 144 Å². The molecule has 0 aliphatic heterocycles. The zero-order valence-corrected chi connectivity index (χ0v) is 14.5. The summed E-state index contributed by atoms with van der Waals surface area (Å²) in [6.07, 6.45) is 2.69. The van der Waals surface area contributed by atoms with Gasteiger partial charge in [0, 0.05) is 25.0 Å². The molecule has 0 aliphatic rings. The number of nitrogens with one attached hydrogen (secondary N) is 1. The number of benzene rings is 2. The molecule has 24 heavy (non-hydrogen) atoms. The number of amides is 1. The summed E-state index contributed by atoms with van der Waals surface area (Å²) in [5.74, 6) is 0.739. The normalized spacial score (nSPS) is 10.2. The quantitative estimate of drug-likeness (QED) is 0.746. The van der Waals surface area contributed by atoms with Crippen molar-refractivity contribution in [3.05, 3.63) is 54.6 Å². The molecule has 0 spiro atoms. The first-order valence-electron chi connectivity index (χ1n) is 8.48. The van der Waals surface area contributed by atoms with Gasteiger partial charge in [0.1, 0.15) is 5.75 Å². The van der Waals surface area contributed by atoms with Crippen LogP contribution in [-0.2, 0) is 4.79 Å². The third-order valence-electron chi connectivity index (χ3n) is 3.78. The van der Waals surface area contributed by atoms with Gasteiger partial charge in [-0.15, -0.1) is 0 Å². The van der Waals surface area contributed by atoms with Crippen LogP contribution in [0.15, 0.2) is 54.6 Å². The van der Waals surface area contributed by atoms with Gasteiger partial charge in [-0.2, -0.15) is 0 Å². The van der Waals surface area contributed by atoms with Crippen molar-refractivity contribution in [1.82, 2.24) is 0 Å². The minimum Gasteiger partial charge on any atom is -0.493 e. The van der Waals surface area contributed by atoms with Crippen molar-refractivity contribution in [1.29, 1.82) is 0 Å². The van der Waals surface area contributed by atoms with E-state index in [2.05, 4.69) is 24.2 Å². The fourth-order valence-electron chi connectivity index (χ4n) is 2.33. The number of hydrogen-bond acceptors (Lipinski definition) is 3. The topological polar surface area (TPSA) is 41.6 Å². The molecule has 0 bridgehead atoms. The number of carbonyl (C=O) groups is 1. The fourth-order valence-corrected chi connectivity index (χ4v) is 2.33. The molecule has 0 aliphatic carbocycles. The summed E-state index contributed by atoms with van der Waals surface area (Å²) in [6.45, 7) is 3.60. The van der Waals surface area contributed by atoms with E-state index in [0.717, 1.165) is 23.7 Å². The van der Waals surface area contributed by atoms with Crippen LogP contribution < -0.4 is 15.0 Å². The third-order valence-corrected chi connectivity index (χ3v) is 3.78. The molecule has 2 aromatic rings. The number of nitrogens with zero attached hydrogens (tertiary/aromatic N) is 1. The summed E-state index contributed by atoms with van der Waals surface area (Å²) in [6, 6.07) is 17.5. The molecular formula is C20H26N2O2. The number of rotatable bonds is 9. The predicted molar refractivity (Wildman–Crippen MR) is 99.8 cm³/mol. The van der Waals surface area contributed by atoms with Crippen molar-refractivity contribution in [3.63, 3.8) is 0 Å². The van der Waals surface area contributed by atoms with E-state index in [1.54, 1.807) is 0 Å². The van der Waals surface area contributed by atoms with Crippen molar-refractivity contribution >= 4 is 17.3 Å². The maximum atomic E-state index is 12.0. The van der Waals surface area contributed by atoms with Crippen molar-refractivity contribution in [2.45, 2.75) is 26.2 Å². The smallest absolute Gasteiger partial charge is 0.227 e. The molecule has 0 unspecified atom stereocenters. The van der Waals surface area contributed by atoms with Crippen LogP contribution in [-0.4, -0.2) is 26.1 Å². The molecule has 2 rings (SSSR count). The lowest BCUT2D eigenvalue weighted by Crippen LogP contribution is -2.18. The van der Waals surface area contributed by atoms with Gasteiger partial charge in [-0.25, -0.2) is 0 Å². The Balaban J connectivity index is 1.75. The molecule has 4 nitrogen and oxygen atoms in total. The van der Waals surface area contributed by atoms with Gasteiger partial charge in [0.2, 0.25) is 5.91 Å². The molecular weight excluding hydrogens is 300 g/mol. The summed E-state index contributed by atoms with van der Waals surface area (Å²) in [5.41, 5.74) is 1.97. The molecule has 4 heteroatoms. The van der Waals surface area contributed by atoms with E-state index in [9.17, 15) is 4.79 Å². The first-order valence-corrected chi connectivity index (χ1v) is 8.48. The van der Waals surface area contributed by atoms with E-state index in [-0.39, 0.29) is 5.91 Å². The number of unbranched alkanes of at least 4 members (excludes halogenated alkanes) is 1. The van der Waals surface area contributed by atoms with Crippen LogP contribution in [0.3, 0.4) is 0 Å². The SMILES string of the molecule is CCCCN(C)c1ccc(NC(=O)CCOc2ccccc2)cc1. The average molecular weight is 326 g/mol. The molecule has 0 saturated heterocycles. The summed E-state index contributed by atoms with van der Waals surface area (Å²) in [5, 5.41) is 2.90. The second-order valence-corrected chi connectivity index (χ2v) is 5.78. The Morgan fingerprint density at radius 2 is 1.79 bits per heavy atom. The Bertz CT molecular complexity index is 611. The largest absolute Gasteiger partial charge is 0.493 e. The van der Waals surface area contributed by atoms with Crippen molar-refractivity contribution in [3.8, 4) is 5.75 Å². The lowest BCUT2D eigenvalue weighted by molar-refractivity contribution is -0.116. The van der Waals surface area contributed by atoms with E-state index in [0.29, 0.717) is 13.0 Å². The van der Waals surface area contributed by atoms with Gasteiger partial charge >= 0.3 is 0 Å². The molecule has 2 aromatic carbocycles. The minimum atomic E-state index is -0.0435. The molecule has 0 heterocycles. The van der Waals surface area contributed by atoms with Crippen molar-refractivity contribution in [2.75, 3.05) is 30.4 Å². The standard InChI is InChI=1S/C20H26N2O2/c1-3-4-15-22(2)18-12-10-17(11-13-18)21-20(23)14-16-24-19-8-6-5-7-9-19/h5-13H,3-4,14-16H2,1-2H3,(H,21,23). The number of hydrogen-bond donors (Lipinski definition) is 1. The van der Waals surface area contributed by atoms with E-state index < -0.39 is 0 Å². The van der Waals surface area contributed by atoms with E-state index in [1.807, 2.05) is 54.6 Å². The van der Waals surface area contributed by atoms with Crippen LogP contribution in [0.4, 0.5) is 11.4 Å². The first kappa shape index (κ1) is 17.9. The maximum absolute atomic E-state index is 12.0. The second-order valence-electron chi connectivity index (χ2n) is 5.78. The lowest BCUT2D eigenvalue weighted by Gasteiger charge is -2.19. The Morgan fingerprint density at radius 3 is 2.46 bits per heavy atom. The average Bonchev–Trinajstić information content (AvgIpc) is 2.61. The van der Waals surface area contributed by atoms with Crippen LogP contribution in [0.5, 0.6) is 5.75 Å². The number of ether oxygens (including phenoxy) is 1. The predicted octanol–water partition coefficient (Wildman–Crippen LogP) is 4.33. The highest BCUT2D eigenvalue weighted by molar-refractivity contribution is 5.90. The van der Waals surface area contributed by atoms with E-state index in [4.69, 9.17) is 4.74 Å². The minimum absolute atomic E-state index is 0.0435. The van der Waals surface area contributed by atoms with Gasteiger partial charge in [0.05, 0.1) is 13.0 Å². The summed E-state index contributed by atoms with van der Waals surface area (Å²) >= 11 is 0. The molecule has 0 radical (unpaired) electrons. The highest BCUT2D eigenvalue weighted by Crippen LogP contribution is 2.17. The number of carbonyl (C=O) groups excluding carboxylic acids is 1. The Kier molecular flexibility index (Phi) is 7.15. The monoisotopic (exact) mass is 326 g/mol. The molecule has 1 N–H and O–H groups in total. The Morgan fingerprint density at radius 1 is 1.08 bits per heavy atom. The highest BCUT2D eigenvalue weighted by atomic mass is 16.5. The molecule has 0 aromatic heterocycles. The zero-order chi connectivity index (χ0) is 17.2. The molecule has 128 valence electrons. The lowest BCUT2D eigenvalue weighted by atomic mass is 10.2. The number of anilines is 2. The first-order chi connectivity index (χ1) is 11.7. The Hall–Kier alpha value is -2.49. The van der Waals surface area contributed by atoms with Gasteiger partial charge in [-0.3, -0.25) is 4.79 Å². The molecule has 0 saturated carbocycles. The van der Waals surface area contributed by atoms with Gasteiger partial charge in [0.25, 0.3) is 0 Å². The summed E-state index contributed by atoms with van der Waals surface area (Å²) in [4.78, 5) is 14.2. The highest BCUT2D eigenvalue weighted by Gasteiger charge is 2.04. The molecule has 0 fully saturated rings. The van der Waals surface area contributed by atoms with Gasteiger partial charge in [-0.1, -0.05) is 31.5 Å².